The van der Waals surface area contributed by atoms with E-state index >= 15 is 0 Å². The fraction of sp³-hybridized carbons (Fsp3) is 0.882. The van der Waals surface area contributed by atoms with E-state index in [2.05, 4.69) is 11.0 Å². The predicted molar refractivity (Wildman–Crippen MR) is 75.5 cm³/mol. The van der Waals surface area contributed by atoms with Gasteiger partial charge in [0.15, 0.2) is 0 Å². The van der Waals surface area contributed by atoms with Gasteiger partial charge in [0.2, 0.25) is 5.91 Å². The summed E-state index contributed by atoms with van der Waals surface area (Å²) in [6.45, 7) is 0.669. The van der Waals surface area contributed by atoms with Crippen LogP contribution in [0.3, 0.4) is 0 Å². The van der Waals surface area contributed by atoms with E-state index in [9.17, 15) is 4.79 Å². The standard InChI is InChI=1S/C17H24N2O/c18-4-1-5-19(15-2-3-15)17(20)16-13-7-11-6-12(9-13)10-14(16)8-11/h11-16H,1-3,5-10H2. The molecule has 0 aliphatic heterocycles. The van der Waals surface area contributed by atoms with Crippen molar-refractivity contribution in [3.8, 4) is 6.07 Å². The first-order valence-corrected chi connectivity index (χ1v) is 8.43. The summed E-state index contributed by atoms with van der Waals surface area (Å²) in [7, 11) is 0. The fourth-order valence-electron chi connectivity index (χ4n) is 5.55. The summed E-state index contributed by atoms with van der Waals surface area (Å²) in [4.78, 5) is 15.1. The van der Waals surface area contributed by atoms with Gasteiger partial charge in [-0.3, -0.25) is 4.79 Å². The monoisotopic (exact) mass is 272 g/mol. The van der Waals surface area contributed by atoms with E-state index in [4.69, 9.17) is 5.26 Å². The van der Waals surface area contributed by atoms with E-state index < -0.39 is 0 Å². The summed E-state index contributed by atoms with van der Waals surface area (Å²) in [5, 5.41) is 8.82. The highest BCUT2D eigenvalue weighted by atomic mass is 16.2. The molecular formula is C17H24N2O. The Morgan fingerprint density at radius 2 is 1.65 bits per heavy atom. The lowest BCUT2D eigenvalue weighted by Gasteiger charge is -2.54. The summed E-state index contributed by atoms with van der Waals surface area (Å²) in [6, 6.07) is 2.68. The molecule has 108 valence electrons. The van der Waals surface area contributed by atoms with Crippen LogP contribution in [0.25, 0.3) is 0 Å². The van der Waals surface area contributed by atoms with E-state index in [0.29, 0.717) is 42.7 Å². The Morgan fingerprint density at radius 1 is 1.05 bits per heavy atom. The average Bonchev–Trinajstić information content (AvgIpc) is 3.22. The van der Waals surface area contributed by atoms with Gasteiger partial charge in [-0.1, -0.05) is 0 Å². The second-order valence-corrected chi connectivity index (χ2v) is 7.63. The normalized spacial score (nSPS) is 41.5. The lowest BCUT2D eigenvalue weighted by Crippen LogP contribution is -2.52. The van der Waals surface area contributed by atoms with Crippen molar-refractivity contribution in [3.05, 3.63) is 0 Å². The third-order valence-electron chi connectivity index (χ3n) is 6.25. The third-order valence-corrected chi connectivity index (χ3v) is 6.25. The Hall–Kier alpha value is -1.04. The largest absolute Gasteiger partial charge is 0.338 e. The molecule has 0 atom stereocenters. The molecule has 0 heterocycles. The number of hydrogen-bond acceptors (Lipinski definition) is 2. The van der Waals surface area contributed by atoms with Gasteiger partial charge in [0, 0.05) is 18.5 Å². The first kappa shape index (κ1) is 12.7. The molecule has 0 aromatic carbocycles. The Balaban J connectivity index is 1.51. The van der Waals surface area contributed by atoms with Crippen molar-refractivity contribution in [2.75, 3.05) is 6.54 Å². The van der Waals surface area contributed by atoms with Crippen molar-refractivity contribution >= 4 is 5.91 Å². The molecule has 0 radical (unpaired) electrons. The predicted octanol–water partition coefficient (Wildman–Crippen LogP) is 2.96. The molecule has 5 fully saturated rings. The first-order chi connectivity index (χ1) is 9.76. The molecule has 0 saturated heterocycles. The number of carbonyl (C=O) groups excluding carboxylic acids is 1. The minimum absolute atomic E-state index is 0.307. The molecule has 0 spiro atoms. The van der Waals surface area contributed by atoms with Crippen molar-refractivity contribution in [1.82, 2.24) is 4.90 Å². The van der Waals surface area contributed by atoms with Gasteiger partial charge in [0.25, 0.3) is 0 Å². The van der Waals surface area contributed by atoms with Gasteiger partial charge in [-0.25, -0.2) is 0 Å². The molecule has 4 bridgehead atoms. The number of nitrogens with zero attached hydrogens (tertiary/aromatic N) is 2. The summed E-state index contributed by atoms with van der Waals surface area (Å²) in [5.74, 6) is 3.91. The molecule has 3 heteroatoms. The Labute approximate surface area is 121 Å². The van der Waals surface area contributed by atoms with Crippen LogP contribution >= 0.6 is 0 Å². The van der Waals surface area contributed by atoms with E-state index in [-0.39, 0.29) is 0 Å². The first-order valence-electron chi connectivity index (χ1n) is 8.43. The zero-order chi connectivity index (χ0) is 13.7. The Morgan fingerprint density at radius 3 is 2.15 bits per heavy atom. The van der Waals surface area contributed by atoms with Crippen LogP contribution in [0.1, 0.15) is 51.4 Å². The topological polar surface area (TPSA) is 44.1 Å². The van der Waals surface area contributed by atoms with Crippen LogP contribution in [-0.2, 0) is 4.79 Å². The van der Waals surface area contributed by atoms with Crippen molar-refractivity contribution in [3.63, 3.8) is 0 Å². The van der Waals surface area contributed by atoms with E-state index in [0.717, 1.165) is 24.7 Å². The van der Waals surface area contributed by atoms with Crippen LogP contribution in [0.5, 0.6) is 0 Å². The molecule has 1 amide bonds. The lowest BCUT2D eigenvalue weighted by atomic mass is 9.51. The van der Waals surface area contributed by atoms with Crippen molar-refractivity contribution in [1.29, 1.82) is 5.26 Å². The average molecular weight is 272 g/mol. The van der Waals surface area contributed by atoms with E-state index in [1.165, 1.54) is 32.1 Å². The fourth-order valence-corrected chi connectivity index (χ4v) is 5.55. The van der Waals surface area contributed by atoms with Crippen LogP contribution in [0.15, 0.2) is 0 Å². The molecule has 3 nitrogen and oxygen atoms in total. The maximum absolute atomic E-state index is 13.0. The zero-order valence-corrected chi connectivity index (χ0v) is 12.1. The highest BCUT2D eigenvalue weighted by Gasteiger charge is 2.52. The number of rotatable bonds is 4. The molecule has 0 unspecified atom stereocenters. The van der Waals surface area contributed by atoms with Crippen LogP contribution in [-0.4, -0.2) is 23.4 Å². The lowest BCUT2D eigenvalue weighted by molar-refractivity contribution is -0.149. The second-order valence-electron chi connectivity index (χ2n) is 7.63. The Bertz CT molecular complexity index is 420. The van der Waals surface area contributed by atoms with Gasteiger partial charge in [-0.2, -0.15) is 5.26 Å². The quantitative estimate of drug-likeness (QED) is 0.789. The van der Waals surface area contributed by atoms with Crippen LogP contribution in [0.2, 0.25) is 0 Å². The molecule has 5 saturated carbocycles. The Kier molecular flexibility index (Phi) is 3.02. The van der Waals surface area contributed by atoms with Gasteiger partial charge in [-0.05, 0) is 68.6 Å². The molecule has 5 rings (SSSR count). The number of nitriles is 1. The minimum atomic E-state index is 0.307. The maximum Gasteiger partial charge on any atom is 0.226 e. The van der Waals surface area contributed by atoms with Crippen LogP contribution in [0, 0.1) is 40.9 Å². The molecular weight excluding hydrogens is 248 g/mol. The maximum atomic E-state index is 13.0. The molecule has 20 heavy (non-hydrogen) atoms. The van der Waals surface area contributed by atoms with Gasteiger partial charge in [0.1, 0.15) is 0 Å². The molecule has 0 aromatic rings. The van der Waals surface area contributed by atoms with Gasteiger partial charge in [0.05, 0.1) is 12.5 Å². The van der Waals surface area contributed by atoms with Crippen molar-refractivity contribution in [2.24, 2.45) is 29.6 Å². The van der Waals surface area contributed by atoms with Gasteiger partial charge in [-0.15, -0.1) is 0 Å². The molecule has 5 aliphatic carbocycles. The summed E-state index contributed by atoms with van der Waals surface area (Å²) < 4.78 is 0. The number of amides is 1. The van der Waals surface area contributed by atoms with E-state index in [1.54, 1.807) is 0 Å². The molecule has 0 aromatic heterocycles. The van der Waals surface area contributed by atoms with Crippen molar-refractivity contribution < 1.29 is 4.79 Å². The highest BCUT2D eigenvalue weighted by Crippen LogP contribution is 2.57. The van der Waals surface area contributed by atoms with Crippen molar-refractivity contribution in [2.45, 2.75) is 57.4 Å². The highest BCUT2D eigenvalue weighted by molar-refractivity contribution is 5.80. The van der Waals surface area contributed by atoms with E-state index in [1.807, 2.05) is 0 Å². The SMILES string of the molecule is N#CCCN(C(=O)C1C2CC3CC(C2)CC1C3)C1CC1. The van der Waals surface area contributed by atoms with Gasteiger partial charge >= 0.3 is 0 Å². The van der Waals surface area contributed by atoms with Crippen LogP contribution < -0.4 is 0 Å². The number of carbonyl (C=O) groups is 1. The molecule has 0 N–H and O–H groups in total. The van der Waals surface area contributed by atoms with Gasteiger partial charge < -0.3 is 4.90 Å². The zero-order valence-electron chi connectivity index (χ0n) is 12.1. The summed E-state index contributed by atoms with van der Waals surface area (Å²) in [5.41, 5.74) is 0. The smallest absolute Gasteiger partial charge is 0.226 e. The second kappa shape index (κ2) is 4.76. The summed E-state index contributed by atoms with van der Waals surface area (Å²) >= 11 is 0. The number of hydrogen-bond donors (Lipinski definition) is 0. The molecule has 5 aliphatic rings. The minimum Gasteiger partial charge on any atom is -0.338 e. The van der Waals surface area contributed by atoms with Crippen LogP contribution in [0.4, 0.5) is 0 Å². The summed E-state index contributed by atoms with van der Waals surface area (Å²) in [6.07, 6.45) is 9.47. The third kappa shape index (κ3) is 2.05.